The monoisotopic (exact) mass is 365 g/mol. The number of aromatic nitrogens is 1. The summed E-state index contributed by atoms with van der Waals surface area (Å²) in [6.45, 7) is 0.144. The second kappa shape index (κ2) is 8.28. The van der Waals surface area contributed by atoms with Gasteiger partial charge in [-0.25, -0.2) is 4.98 Å². The maximum atomic E-state index is 13.1. The molecule has 0 aliphatic carbocycles. The number of hydrogen-bond donors (Lipinski definition) is 2. The standard InChI is InChI=1S/C14H14F3N3OS.ClH/c15-14(16,17)11(6-9-4-2-1-3-5-9)20-13(21)10-8-22-12(7-18)19-10;/h1-5,8,11H,6-7,18H2,(H,20,21);1H. The Kier molecular flexibility index (Phi) is 6.99. The number of thiazole rings is 1. The molecule has 0 aliphatic heterocycles. The molecule has 1 unspecified atom stereocenters. The second-order valence-electron chi connectivity index (χ2n) is 4.59. The normalized spacial score (nSPS) is 12.3. The molecule has 3 N–H and O–H groups in total. The van der Waals surface area contributed by atoms with E-state index in [1.54, 1.807) is 30.3 Å². The van der Waals surface area contributed by atoms with Crippen LogP contribution in [0.2, 0.25) is 0 Å². The molecular weight excluding hydrogens is 351 g/mol. The van der Waals surface area contributed by atoms with Gasteiger partial charge in [-0.05, 0) is 5.56 Å². The van der Waals surface area contributed by atoms with Crippen LogP contribution in [0.5, 0.6) is 0 Å². The number of benzene rings is 1. The smallest absolute Gasteiger partial charge is 0.339 e. The first-order valence-corrected chi connectivity index (χ1v) is 7.34. The van der Waals surface area contributed by atoms with E-state index in [1.165, 1.54) is 5.38 Å². The Morgan fingerprint density at radius 3 is 2.48 bits per heavy atom. The molecule has 0 saturated heterocycles. The summed E-state index contributed by atoms with van der Waals surface area (Å²) in [6.07, 6.45) is -4.87. The Morgan fingerprint density at radius 2 is 1.96 bits per heavy atom. The highest BCUT2D eigenvalue weighted by Gasteiger charge is 2.40. The molecule has 0 spiro atoms. The number of carbonyl (C=O) groups is 1. The fourth-order valence-electron chi connectivity index (χ4n) is 1.84. The Bertz CT molecular complexity index is 634. The highest BCUT2D eigenvalue weighted by molar-refractivity contribution is 7.09. The summed E-state index contributed by atoms with van der Waals surface area (Å²) in [6, 6.07) is 6.22. The molecule has 0 aliphatic rings. The van der Waals surface area contributed by atoms with E-state index in [0.29, 0.717) is 10.6 Å². The Balaban J connectivity index is 0.00000264. The Hall–Kier alpha value is -1.64. The second-order valence-corrected chi connectivity index (χ2v) is 5.53. The van der Waals surface area contributed by atoms with Crippen molar-refractivity contribution in [3.63, 3.8) is 0 Å². The van der Waals surface area contributed by atoms with Gasteiger partial charge in [0.1, 0.15) is 16.7 Å². The third kappa shape index (κ3) is 5.49. The summed E-state index contributed by atoms with van der Waals surface area (Å²) in [5.74, 6) is -0.853. The first kappa shape index (κ1) is 19.4. The third-order valence-corrected chi connectivity index (χ3v) is 3.81. The van der Waals surface area contributed by atoms with Gasteiger partial charge in [-0.15, -0.1) is 23.7 Å². The van der Waals surface area contributed by atoms with Gasteiger partial charge in [0, 0.05) is 18.3 Å². The Morgan fingerprint density at radius 1 is 1.30 bits per heavy atom. The Labute approximate surface area is 141 Å². The van der Waals surface area contributed by atoms with Crippen molar-refractivity contribution in [3.8, 4) is 0 Å². The van der Waals surface area contributed by atoms with Crippen LogP contribution in [-0.2, 0) is 13.0 Å². The molecule has 1 aromatic carbocycles. The predicted molar refractivity (Wildman–Crippen MR) is 84.7 cm³/mol. The van der Waals surface area contributed by atoms with Gasteiger partial charge in [0.25, 0.3) is 5.91 Å². The van der Waals surface area contributed by atoms with Gasteiger partial charge in [0.2, 0.25) is 0 Å². The zero-order valence-corrected chi connectivity index (χ0v) is 13.5. The van der Waals surface area contributed by atoms with Crippen molar-refractivity contribution in [2.24, 2.45) is 5.73 Å². The highest BCUT2D eigenvalue weighted by atomic mass is 35.5. The average molecular weight is 366 g/mol. The van der Waals surface area contributed by atoms with Crippen LogP contribution in [0, 0.1) is 0 Å². The topological polar surface area (TPSA) is 68.0 Å². The maximum Gasteiger partial charge on any atom is 0.408 e. The molecular formula is C14H15ClF3N3OS. The molecule has 0 fully saturated rings. The van der Waals surface area contributed by atoms with Gasteiger partial charge in [-0.1, -0.05) is 30.3 Å². The van der Waals surface area contributed by atoms with E-state index >= 15 is 0 Å². The van der Waals surface area contributed by atoms with E-state index in [1.807, 2.05) is 5.32 Å². The molecule has 0 saturated carbocycles. The summed E-state index contributed by atoms with van der Waals surface area (Å²) >= 11 is 1.14. The summed E-state index contributed by atoms with van der Waals surface area (Å²) in [4.78, 5) is 15.8. The molecule has 9 heteroatoms. The SMILES string of the molecule is Cl.NCc1nc(C(=O)NC(Cc2ccccc2)C(F)(F)F)cs1. The minimum absolute atomic E-state index is 0. The molecule has 4 nitrogen and oxygen atoms in total. The lowest BCUT2D eigenvalue weighted by atomic mass is 10.1. The zero-order chi connectivity index (χ0) is 16.2. The van der Waals surface area contributed by atoms with Crippen molar-refractivity contribution in [1.29, 1.82) is 0 Å². The van der Waals surface area contributed by atoms with Crippen LogP contribution in [0.15, 0.2) is 35.7 Å². The van der Waals surface area contributed by atoms with Crippen LogP contribution in [-0.4, -0.2) is 23.1 Å². The summed E-state index contributed by atoms with van der Waals surface area (Å²) < 4.78 is 39.3. The average Bonchev–Trinajstić information content (AvgIpc) is 2.95. The lowest BCUT2D eigenvalue weighted by Gasteiger charge is -2.21. The number of nitrogens with zero attached hydrogens (tertiary/aromatic N) is 1. The van der Waals surface area contributed by atoms with Gasteiger partial charge < -0.3 is 11.1 Å². The lowest BCUT2D eigenvalue weighted by molar-refractivity contribution is -0.153. The molecule has 2 rings (SSSR count). The third-order valence-electron chi connectivity index (χ3n) is 2.94. The number of carbonyl (C=O) groups excluding carboxylic acids is 1. The van der Waals surface area contributed by atoms with Crippen molar-refractivity contribution in [2.75, 3.05) is 0 Å². The van der Waals surface area contributed by atoms with E-state index in [9.17, 15) is 18.0 Å². The van der Waals surface area contributed by atoms with E-state index < -0.39 is 18.1 Å². The fourth-order valence-corrected chi connectivity index (χ4v) is 2.49. The summed E-state index contributed by atoms with van der Waals surface area (Å²) in [5.41, 5.74) is 5.82. The lowest BCUT2D eigenvalue weighted by Crippen LogP contribution is -2.46. The van der Waals surface area contributed by atoms with Crippen LogP contribution < -0.4 is 11.1 Å². The largest absolute Gasteiger partial charge is 0.408 e. The maximum absolute atomic E-state index is 13.1. The number of amides is 1. The predicted octanol–water partition coefficient (Wildman–Crippen LogP) is 2.93. The van der Waals surface area contributed by atoms with Gasteiger partial charge >= 0.3 is 6.18 Å². The minimum Gasteiger partial charge on any atom is -0.339 e. The molecule has 1 aromatic heterocycles. The number of nitrogens with two attached hydrogens (primary N) is 1. The first-order chi connectivity index (χ1) is 10.4. The van der Waals surface area contributed by atoms with Gasteiger partial charge in [0.15, 0.2) is 0 Å². The number of alkyl halides is 3. The van der Waals surface area contributed by atoms with E-state index in [0.717, 1.165) is 11.3 Å². The van der Waals surface area contributed by atoms with Crippen molar-refractivity contribution in [3.05, 3.63) is 52.0 Å². The van der Waals surface area contributed by atoms with Crippen molar-refractivity contribution in [1.82, 2.24) is 10.3 Å². The quantitative estimate of drug-likeness (QED) is 0.856. The first-order valence-electron chi connectivity index (χ1n) is 6.46. The highest BCUT2D eigenvalue weighted by Crippen LogP contribution is 2.23. The number of halogens is 4. The van der Waals surface area contributed by atoms with E-state index in [2.05, 4.69) is 4.98 Å². The van der Waals surface area contributed by atoms with Gasteiger partial charge in [-0.3, -0.25) is 4.79 Å². The molecule has 0 radical (unpaired) electrons. The van der Waals surface area contributed by atoms with Crippen LogP contribution in [0.25, 0.3) is 0 Å². The van der Waals surface area contributed by atoms with Crippen LogP contribution in [0.1, 0.15) is 21.1 Å². The van der Waals surface area contributed by atoms with E-state index in [-0.39, 0.29) is 31.1 Å². The molecule has 126 valence electrons. The van der Waals surface area contributed by atoms with E-state index in [4.69, 9.17) is 5.73 Å². The summed E-state index contributed by atoms with van der Waals surface area (Å²) in [5, 5.41) is 3.89. The molecule has 1 amide bonds. The van der Waals surface area contributed by atoms with Gasteiger partial charge in [-0.2, -0.15) is 13.2 Å². The van der Waals surface area contributed by atoms with Crippen molar-refractivity contribution >= 4 is 29.7 Å². The van der Waals surface area contributed by atoms with Crippen LogP contribution >= 0.6 is 23.7 Å². The molecule has 23 heavy (non-hydrogen) atoms. The van der Waals surface area contributed by atoms with Crippen LogP contribution in [0.3, 0.4) is 0 Å². The van der Waals surface area contributed by atoms with Crippen LogP contribution in [0.4, 0.5) is 13.2 Å². The fraction of sp³-hybridized carbons (Fsp3) is 0.286. The van der Waals surface area contributed by atoms with Crippen molar-refractivity contribution in [2.45, 2.75) is 25.2 Å². The zero-order valence-electron chi connectivity index (χ0n) is 11.8. The number of rotatable bonds is 5. The molecule has 0 bridgehead atoms. The van der Waals surface area contributed by atoms with Crippen molar-refractivity contribution < 1.29 is 18.0 Å². The molecule has 2 aromatic rings. The number of hydrogen-bond acceptors (Lipinski definition) is 4. The molecule has 1 atom stereocenters. The molecule has 1 heterocycles. The number of nitrogens with one attached hydrogen (secondary N) is 1. The van der Waals surface area contributed by atoms with Gasteiger partial charge in [0.05, 0.1) is 0 Å². The minimum atomic E-state index is -4.54. The summed E-state index contributed by atoms with van der Waals surface area (Å²) in [7, 11) is 0.